The van der Waals surface area contributed by atoms with E-state index in [1.807, 2.05) is 24.3 Å². The van der Waals surface area contributed by atoms with Gasteiger partial charge in [0, 0.05) is 23.1 Å². The van der Waals surface area contributed by atoms with Gasteiger partial charge in [-0.15, -0.1) is 0 Å². The van der Waals surface area contributed by atoms with Crippen molar-refractivity contribution in [3.8, 4) is 23.7 Å². The fourth-order valence-corrected chi connectivity index (χ4v) is 2.40. The molecule has 0 aliphatic heterocycles. The lowest BCUT2D eigenvalue weighted by Gasteiger charge is -2.00. The van der Waals surface area contributed by atoms with Crippen molar-refractivity contribution in [2.45, 2.75) is 52.4 Å². The van der Waals surface area contributed by atoms with E-state index in [4.69, 9.17) is 0 Å². The fourth-order valence-electron chi connectivity index (χ4n) is 2.40. The van der Waals surface area contributed by atoms with Gasteiger partial charge < -0.3 is 0 Å². The molecule has 2 aromatic carbocycles. The van der Waals surface area contributed by atoms with Crippen LogP contribution in [0.2, 0.25) is 0 Å². The number of aryl methyl sites for hydroxylation is 1. The summed E-state index contributed by atoms with van der Waals surface area (Å²) in [4.78, 5) is 0. The predicted octanol–water partition coefficient (Wildman–Crippen LogP) is 5.97. The molecule has 0 atom stereocenters. The van der Waals surface area contributed by atoms with Crippen molar-refractivity contribution in [1.29, 1.82) is 0 Å². The minimum absolute atomic E-state index is 0.954. The molecule has 0 N–H and O–H groups in total. The van der Waals surface area contributed by atoms with Gasteiger partial charge in [-0.25, -0.2) is 0 Å². The van der Waals surface area contributed by atoms with Gasteiger partial charge in [0.15, 0.2) is 0 Å². The number of hydrogen-bond acceptors (Lipinski definition) is 0. The lowest BCUT2D eigenvalue weighted by molar-refractivity contribution is 0.717. The van der Waals surface area contributed by atoms with Crippen molar-refractivity contribution in [2.24, 2.45) is 0 Å². The summed E-state index contributed by atoms with van der Waals surface area (Å²) in [7, 11) is 0. The van der Waals surface area contributed by atoms with E-state index in [0.29, 0.717) is 0 Å². The third kappa shape index (κ3) is 6.36. The number of unbranched alkanes of at least 4 members (excludes halogenated alkanes) is 3. The molecule has 0 saturated heterocycles. The van der Waals surface area contributed by atoms with Gasteiger partial charge in [0.2, 0.25) is 0 Å². The maximum atomic E-state index is 3.24. The van der Waals surface area contributed by atoms with E-state index in [1.54, 1.807) is 0 Å². The van der Waals surface area contributed by atoms with Crippen LogP contribution in [0.1, 0.15) is 68.2 Å². The van der Waals surface area contributed by atoms with Crippen molar-refractivity contribution in [3.05, 3.63) is 70.8 Å². The van der Waals surface area contributed by atoms with Crippen LogP contribution in [0.5, 0.6) is 0 Å². The van der Waals surface area contributed by atoms with Crippen molar-refractivity contribution in [2.75, 3.05) is 0 Å². The minimum Gasteiger partial charge on any atom is -0.0979 e. The van der Waals surface area contributed by atoms with Gasteiger partial charge >= 0.3 is 0 Å². The zero-order valence-electron chi connectivity index (χ0n) is 14.9. The van der Waals surface area contributed by atoms with Crippen LogP contribution in [0, 0.1) is 23.7 Å². The molecule has 0 spiro atoms. The van der Waals surface area contributed by atoms with Gasteiger partial charge in [-0.2, -0.15) is 0 Å². The van der Waals surface area contributed by atoms with E-state index in [0.717, 1.165) is 29.5 Å². The van der Waals surface area contributed by atoms with Crippen LogP contribution in [0.4, 0.5) is 0 Å². The Bertz CT molecular complexity index is 725. The number of benzene rings is 2. The second kappa shape index (κ2) is 10.4. The van der Waals surface area contributed by atoms with E-state index < -0.39 is 0 Å². The van der Waals surface area contributed by atoms with Gasteiger partial charge in [0.05, 0.1) is 0 Å². The Hall–Kier alpha value is -2.44. The molecule has 0 saturated carbocycles. The first-order valence-electron chi connectivity index (χ1n) is 9.01. The van der Waals surface area contributed by atoms with Crippen molar-refractivity contribution in [1.82, 2.24) is 0 Å². The quantitative estimate of drug-likeness (QED) is 0.471. The molecule has 0 amide bonds. The zero-order valence-corrected chi connectivity index (χ0v) is 14.9. The SMILES string of the molecule is CCCC#Cc1ccc(C#Cc2ccc(CCCCC)cc2)cc1. The summed E-state index contributed by atoms with van der Waals surface area (Å²) in [6.45, 7) is 4.38. The molecule has 122 valence electrons. The van der Waals surface area contributed by atoms with Crippen LogP contribution in [0.3, 0.4) is 0 Å². The van der Waals surface area contributed by atoms with Crippen LogP contribution in [0.25, 0.3) is 0 Å². The van der Waals surface area contributed by atoms with Gasteiger partial charge in [-0.05, 0) is 61.2 Å². The molecule has 24 heavy (non-hydrogen) atoms. The predicted molar refractivity (Wildman–Crippen MR) is 104 cm³/mol. The monoisotopic (exact) mass is 314 g/mol. The highest BCUT2D eigenvalue weighted by Gasteiger charge is 1.94. The van der Waals surface area contributed by atoms with Gasteiger partial charge in [0.1, 0.15) is 0 Å². The van der Waals surface area contributed by atoms with Crippen LogP contribution in [0.15, 0.2) is 48.5 Å². The number of hydrogen-bond donors (Lipinski definition) is 0. The molecule has 0 radical (unpaired) electrons. The molecular formula is C24H26. The maximum Gasteiger partial charge on any atom is 0.0249 e. The molecule has 0 heteroatoms. The molecular weight excluding hydrogens is 288 g/mol. The van der Waals surface area contributed by atoms with Crippen LogP contribution < -0.4 is 0 Å². The molecule has 0 heterocycles. The molecule has 0 unspecified atom stereocenters. The topological polar surface area (TPSA) is 0 Å². The number of rotatable bonds is 5. The second-order valence-corrected chi connectivity index (χ2v) is 6.03. The normalized spacial score (nSPS) is 9.58. The largest absolute Gasteiger partial charge is 0.0979 e. The molecule has 0 aliphatic rings. The van der Waals surface area contributed by atoms with Crippen molar-refractivity contribution in [3.63, 3.8) is 0 Å². The first kappa shape index (κ1) is 17.9. The third-order valence-corrected chi connectivity index (χ3v) is 3.87. The molecule has 0 bridgehead atoms. The Morgan fingerprint density at radius 3 is 1.71 bits per heavy atom. The van der Waals surface area contributed by atoms with Crippen molar-refractivity contribution >= 4 is 0 Å². The zero-order chi connectivity index (χ0) is 17.0. The second-order valence-electron chi connectivity index (χ2n) is 6.03. The summed E-state index contributed by atoms with van der Waals surface area (Å²) in [5.41, 5.74) is 4.57. The average Bonchev–Trinajstić information content (AvgIpc) is 2.63. The lowest BCUT2D eigenvalue weighted by atomic mass is 10.1. The Kier molecular flexibility index (Phi) is 7.73. The van der Waals surface area contributed by atoms with E-state index in [2.05, 4.69) is 61.8 Å². The minimum atomic E-state index is 0.954. The standard InChI is InChI=1S/C24H26/c1-3-5-7-9-21-11-15-23(16-12-21)19-20-24-17-13-22(14-18-24)10-8-6-4-2/h11-18H,3-7,9H2,1-2H3. The summed E-state index contributed by atoms with van der Waals surface area (Å²) in [5, 5.41) is 0. The Labute approximate surface area is 147 Å². The molecule has 2 rings (SSSR count). The van der Waals surface area contributed by atoms with Crippen molar-refractivity contribution < 1.29 is 0 Å². The highest BCUT2D eigenvalue weighted by atomic mass is 14.0. The van der Waals surface area contributed by atoms with Crippen LogP contribution in [-0.4, -0.2) is 0 Å². The van der Waals surface area contributed by atoms with Crippen LogP contribution in [-0.2, 0) is 6.42 Å². The van der Waals surface area contributed by atoms with E-state index in [-0.39, 0.29) is 0 Å². The van der Waals surface area contributed by atoms with E-state index in [1.165, 1.54) is 31.2 Å². The molecule has 0 nitrogen and oxygen atoms in total. The summed E-state index contributed by atoms with van der Waals surface area (Å²) in [6, 6.07) is 16.8. The first-order valence-corrected chi connectivity index (χ1v) is 9.01. The highest BCUT2D eigenvalue weighted by molar-refractivity contribution is 5.46. The van der Waals surface area contributed by atoms with Gasteiger partial charge in [-0.1, -0.05) is 62.5 Å². The molecule has 0 fully saturated rings. The summed E-state index contributed by atoms with van der Waals surface area (Å²) in [5.74, 6) is 12.8. The summed E-state index contributed by atoms with van der Waals surface area (Å²) in [6.07, 6.45) is 7.08. The summed E-state index contributed by atoms with van der Waals surface area (Å²) < 4.78 is 0. The average molecular weight is 314 g/mol. The Morgan fingerprint density at radius 2 is 1.17 bits per heavy atom. The molecule has 0 aromatic heterocycles. The third-order valence-electron chi connectivity index (χ3n) is 3.87. The smallest absolute Gasteiger partial charge is 0.0249 e. The molecule has 0 aliphatic carbocycles. The summed E-state index contributed by atoms with van der Waals surface area (Å²) >= 11 is 0. The first-order chi connectivity index (χ1) is 11.8. The van der Waals surface area contributed by atoms with Gasteiger partial charge in [0.25, 0.3) is 0 Å². The van der Waals surface area contributed by atoms with E-state index >= 15 is 0 Å². The Morgan fingerprint density at radius 1 is 0.625 bits per heavy atom. The van der Waals surface area contributed by atoms with Crippen LogP contribution >= 0.6 is 0 Å². The lowest BCUT2D eigenvalue weighted by Crippen LogP contribution is -1.85. The van der Waals surface area contributed by atoms with E-state index in [9.17, 15) is 0 Å². The maximum absolute atomic E-state index is 3.24. The fraction of sp³-hybridized carbons (Fsp3) is 0.333. The Balaban J connectivity index is 1.95. The van der Waals surface area contributed by atoms with Gasteiger partial charge in [-0.3, -0.25) is 0 Å². The molecule has 2 aromatic rings. The highest BCUT2D eigenvalue weighted by Crippen LogP contribution is 2.09.